The third-order valence-electron chi connectivity index (χ3n) is 0.567. The zero-order valence-corrected chi connectivity index (χ0v) is 6.09. The van der Waals surface area contributed by atoms with Crippen molar-refractivity contribution in [1.82, 2.24) is 4.84 Å². The van der Waals surface area contributed by atoms with E-state index >= 15 is 0 Å². The first-order valence-electron chi connectivity index (χ1n) is 2.07. The van der Waals surface area contributed by atoms with Crippen molar-refractivity contribution in [1.29, 1.82) is 0 Å². The first kappa shape index (κ1) is 8.20. The first-order chi connectivity index (χ1) is 3.56. The van der Waals surface area contributed by atoms with Crippen LogP contribution >= 0.6 is 11.8 Å². The third kappa shape index (κ3) is 6.20. The molecule has 1 N–H and O–H groups in total. The molecule has 0 rings (SSSR count). The molecule has 3 nitrogen and oxygen atoms in total. The lowest BCUT2D eigenvalue weighted by Crippen LogP contribution is -2.14. The van der Waals surface area contributed by atoms with E-state index in [0.29, 0.717) is 6.54 Å². The molecule has 0 spiro atoms. The highest BCUT2D eigenvalue weighted by atomic mass is 35.5. The Bertz CT molecular complexity index is 141. The van der Waals surface area contributed by atoms with Crippen molar-refractivity contribution in [2.24, 2.45) is 0 Å². The second-order valence-corrected chi connectivity index (χ2v) is 4.04. The Kier molecular flexibility index (Phi) is 3.35. The molecule has 0 unspecified atom stereocenters. The monoisotopic (exact) mass is 157 g/mol. The summed E-state index contributed by atoms with van der Waals surface area (Å²) in [5.74, 6) is 0.0937. The van der Waals surface area contributed by atoms with E-state index in [1.807, 2.05) is 0 Å². The molecule has 0 fully saturated rings. The number of sulfone groups is 1. The topological polar surface area (TPSA) is 46.2 Å². The highest BCUT2D eigenvalue weighted by Crippen LogP contribution is 1.78. The minimum atomic E-state index is -2.83. The molecule has 0 saturated heterocycles. The van der Waals surface area contributed by atoms with Crippen LogP contribution in [-0.2, 0) is 9.84 Å². The van der Waals surface area contributed by atoms with Gasteiger partial charge in [-0.3, -0.25) is 0 Å². The van der Waals surface area contributed by atoms with E-state index in [2.05, 4.69) is 4.84 Å². The Hall–Kier alpha value is 0.200. The molecule has 0 aliphatic heterocycles. The number of hydrogen-bond donors (Lipinski definition) is 1. The van der Waals surface area contributed by atoms with Gasteiger partial charge in [0.2, 0.25) is 0 Å². The van der Waals surface area contributed by atoms with Crippen LogP contribution in [0, 0.1) is 0 Å². The minimum Gasteiger partial charge on any atom is -0.233 e. The molecule has 5 heteroatoms. The van der Waals surface area contributed by atoms with Crippen molar-refractivity contribution in [3.8, 4) is 0 Å². The fourth-order valence-corrected chi connectivity index (χ4v) is 0.903. The smallest absolute Gasteiger partial charge is 0.148 e. The van der Waals surface area contributed by atoms with Gasteiger partial charge in [0.05, 0.1) is 5.75 Å². The second-order valence-electron chi connectivity index (χ2n) is 1.51. The van der Waals surface area contributed by atoms with Crippen LogP contribution in [0.1, 0.15) is 0 Å². The molecule has 0 aromatic rings. The summed E-state index contributed by atoms with van der Waals surface area (Å²) in [6.07, 6.45) is 1.17. The quantitative estimate of drug-likeness (QED) is 0.576. The Morgan fingerprint density at radius 2 is 2.12 bits per heavy atom. The van der Waals surface area contributed by atoms with Gasteiger partial charge in [0.25, 0.3) is 0 Å². The summed E-state index contributed by atoms with van der Waals surface area (Å²) in [6, 6.07) is 0. The van der Waals surface area contributed by atoms with E-state index in [9.17, 15) is 8.42 Å². The second kappa shape index (κ2) is 3.27. The molecular formula is C3H8ClNO2S. The van der Waals surface area contributed by atoms with Crippen LogP contribution < -0.4 is 4.84 Å². The van der Waals surface area contributed by atoms with Crippen LogP contribution in [0.2, 0.25) is 0 Å². The molecule has 0 aromatic heterocycles. The van der Waals surface area contributed by atoms with Crippen molar-refractivity contribution >= 4 is 21.6 Å². The predicted octanol–water partition coefficient (Wildman–Crippen LogP) is -0.226. The number of hydrogen-bond acceptors (Lipinski definition) is 3. The van der Waals surface area contributed by atoms with Gasteiger partial charge in [-0.05, 0) is 11.8 Å². The summed E-state index contributed by atoms with van der Waals surface area (Å²) in [4.78, 5) is 2.22. The standard InChI is InChI=1S/C3H8ClNO2S/c1-8(6,7)3-2-5-4/h5H,2-3H2,1H3. The predicted molar refractivity (Wildman–Crippen MR) is 33.6 cm³/mol. The van der Waals surface area contributed by atoms with E-state index in [1.165, 1.54) is 6.26 Å². The molecule has 0 saturated carbocycles. The van der Waals surface area contributed by atoms with E-state index in [1.54, 1.807) is 0 Å². The molecule has 0 aliphatic carbocycles. The summed E-state index contributed by atoms with van der Waals surface area (Å²) in [6.45, 7) is 0.306. The summed E-state index contributed by atoms with van der Waals surface area (Å²) in [5.41, 5.74) is 0. The average molecular weight is 158 g/mol. The lowest BCUT2D eigenvalue weighted by molar-refractivity contribution is 0.601. The molecule has 0 radical (unpaired) electrons. The Labute approximate surface area is 54.1 Å². The van der Waals surface area contributed by atoms with Gasteiger partial charge in [-0.15, -0.1) is 0 Å². The average Bonchev–Trinajstić information content (AvgIpc) is 1.59. The van der Waals surface area contributed by atoms with Crippen molar-refractivity contribution in [2.75, 3.05) is 18.6 Å². The molecular weight excluding hydrogens is 150 g/mol. The maximum atomic E-state index is 10.3. The molecule has 50 valence electrons. The lowest BCUT2D eigenvalue weighted by atomic mass is 10.8. The summed E-state index contributed by atoms with van der Waals surface area (Å²) < 4.78 is 20.6. The Morgan fingerprint density at radius 3 is 2.25 bits per heavy atom. The largest absolute Gasteiger partial charge is 0.233 e. The number of nitrogens with one attached hydrogen (secondary N) is 1. The molecule has 0 bridgehead atoms. The highest BCUT2D eigenvalue weighted by molar-refractivity contribution is 7.90. The van der Waals surface area contributed by atoms with Gasteiger partial charge >= 0.3 is 0 Å². The van der Waals surface area contributed by atoms with Crippen LogP contribution in [0.5, 0.6) is 0 Å². The van der Waals surface area contributed by atoms with Crippen molar-refractivity contribution in [2.45, 2.75) is 0 Å². The maximum Gasteiger partial charge on any atom is 0.148 e. The van der Waals surface area contributed by atoms with Crippen LogP contribution in [0.3, 0.4) is 0 Å². The van der Waals surface area contributed by atoms with Crippen LogP contribution in [0.15, 0.2) is 0 Å². The van der Waals surface area contributed by atoms with E-state index < -0.39 is 9.84 Å². The van der Waals surface area contributed by atoms with Crippen LogP contribution in [-0.4, -0.2) is 27.0 Å². The van der Waals surface area contributed by atoms with Gasteiger partial charge in [0, 0.05) is 12.8 Å². The van der Waals surface area contributed by atoms with E-state index in [4.69, 9.17) is 11.8 Å². The van der Waals surface area contributed by atoms with Gasteiger partial charge in [-0.25, -0.2) is 13.3 Å². The lowest BCUT2D eigenvalue weighted by Gasteiger charge is -1.91. The molecule has 8 heavy (non-hydrogen) atoms. The number of rotatable bonds is 3. The summed E-state index contributed by atoms with van der Waals surface area (Å²) in [5, 5.41) is 0. The molecule has 0 heterocycles. The SMILES string of the molecule is CS(=O)(=O)CCNCl. The molecule has 0 aromatic carbocycles. The highest BCUT2D eigenvalue weighted by Gasteiger charge is 1.98. The summed E-state index contributed by atoms with van der Waals surface area (Å²) in [7, 11) is -2.83. The molecule has 0 aliphatic rings. The van der Waals surface area contributed by atoms with Gasteiger partial charge in [0.1, 0.15) is 9.84 Å². The maximum absolute atomic E-state index is 10.3. The zero-order valence-electron chi connectivity index (χ0n) is 4.52. The fourth-order valence-electron chi connectivity index (χ4n) is 0.224. The Balaban J connectivity index is 3.42. The van der Waals surface area contributed by atoms with Crippen molar-refractivity contribution in [3.05, 3.63) is 0 Å². The van der Waals surface area contributed by atoms with Gasteiger partial charge < -0.3 is 0 Å². The van der Waals surface area contributed by atoms with Gasteiger partial charge in [-0.2, -0.15) is 0 Å². The normalized spacial score (nSPS) is 11.8. The zero-order chi connectivity index (χ0) is 6.62. The number of halogens is 1. The van der Waals surface area contributed by atoms with Gasteiger partial charge in [0.15, 0.2) is 0 Å². The van der Waals surface area contributed by atoms with E-state index in [-0.39, 0.29) is 5.75 Å². The van der Waals surface area contributed by atoms with Crippen LogP contribution in [0.4, 0.5) is 0 Å². The minimum absolute atomic E-state index is 0.0937. The van der Waals surface area contributed by atoms with Crippen molar-refractivity contribution < 1.29 is 8.42 Å². The molecule has 0 amide bonds. The third-order valence-corrected chi connectivity index (χ3v) is 1.70. The Morgan fingerprint density at radius 1 is 1.62 bits per heavy atom. The van der Waals surface area contributed by atoms with Gasteiger partial charge in [-0.1, -0.05) is 0 Å². The van der Waals surface area contributed by atoms with E-state index in [0.717, 1.165) is 0 Å². The van der Waals surface area contributed by atoms with Crippen LogP contribution in [0.25, 0.3) is 0 Å². The van der Waals surface area contributed by atoms with Crippen molar-refractivity contribution in [3.63, 3.8) is 0 Å². The first-order valence-corrected chi connectivity index (χ1v) is 4.51. The molecule has 0 atom stereocenters. The summed E-state index contributed by atoms with van der Waals surface area (Å²) >= 11 is 4.99. The fraction of sp³-hybridized carbons (Fsp3) is 1.00.